The fourth-order valence-electron chi connectivity index (χ4n) is 3.89. The summed E-state index contributed by atoms with van der Waals surface area (Å²) in [6, 6.07) is 18.5. The number of benzene rings is 2. The Bertz CT molecular complexity index is 841. The monoisotopic (exact) mass is 373 g/mol. The molecule has 2 aliphatic rings. The van der Waals surface area contributed by atoms with E-state index in [2.05, 4.69) is 66.1 Å². The van der Waals surface area contributed by atoms with Crippen molar-refractivity contribution in [1.29, 1.82) is 0 Å². The number of morpholine rings is 1. The number of hydrogen-bond donors (Lipinski definition) is 0. The molecule has 0 aromatic heterocycles. The van der Waals surface area contributed by atoms with Gasteiger partial charge < -0.3 is 9.47 Å². The van der Waals surface area contributed by atoms with Crippen LogP contribution in [0.2, 0.25) is 0 Å². The minimum absolute atomic E-state index is 0.0630. The first-order valence-corrected chi connectivity index (χ1v) is 9.90. The first-order valence-electron chi connectivity index (χ1n) is 9.90. The second kappa shape index (κ2) is 8.59. The van der Waals surface area contributed by atoms with Crippen molar-refractivity contribution in [3.05, 3.63) is 103 Å². The van der Waals surface area contributed by atoms with E-state index in [-0.39, 0.29) is 11.6 Å². The van der Waals surface area contributed by atoms with E-state index in [0.717, 1.165) is 31.9 Å². The van der Waals surface area contributed by atoms with Gasteiger partial charge in [-0.15, -0.1) is 6.58 Å². The van der Waals surface area contributed by atoms with Gasteiger partial charge in [0.25, 0.3) is 0 Å². The van der Waals surface area contributed by atoms with E-state index < -0.39 is 0 Å². The second-order valence-corrected chi connectivity index (χ2v) is 7.34. The van der Waals surface area contributed by atoms with Crippen molar-refractivity contribution in [1.82, 2.24) is 4.90 Å². The summed E-state index contributed by atoms with van der Waals surface area (Å²) in [6.45, 7) is 7.18. The molecule has 0 amide bonds. The standard InChI is InChI=1S/C25H27NO2/c1-2-25(15-7-4-8-16-25)26-17-18-27-24(19-26)22-11-13-23(14-12-22)28-20-21-9-5-3-6-10-21/h2-15,24H,1,16-20H2/t24-,25-/m1/s1. The third-order valence-corrected chi connectivity index (χ3v) is 5.59. The van der Waals surface area contributed by atoms with Crippen molar-refractivity contribution in [2.45, 2.75) is 24.7 Å². The summed E-state index contributed by atoms with van der Waals surface area (Å²) >= 11 is 0. The van der Waals surface area contributed by atoms with E-state index in [1.54, 1.807) is 0 Å². The normalized spacial score (nSPS) is 24.8. The number of allylic oxidation sites excluding steroid dienone is 2. The average Bonchev–Trinajstić information content (AvgIpc) is 2.79. The minimum Gasteiger partial charge on any atom is -0.489 e. The van der Waals surface area contributed by atoms with Crippen LogP contribution in [0.4, 0.5) is 0 Å². The number of ether oxygens (including phenoxy) is 2. The first-order chi connectivity index (χ1) is 13.8. The number of hydrogen-bond acceptors (Lipinski definition) is 3. The zero-order valence-corrected chi connectivity index (χ0v) is 16.2. The predicted octanol–water partition coefficient (Wildman–Crippen LogP) is 5.08. The number of rotatable bonds is 6. The van der Waals surface area contributed by atoms with Crippen molar-refractivity contribution in [3.63, 3.8) is 0 Å². The second-order valence-electron chi connectivity index (χ2n) is 7.34. The van der Waals surface area contributed by atoms with Crippen LogP contribution in [0, 0.1) is 0 Å². The van der Waals surface area contributed by atoms with E-state index >= 15 is 0 Å². The molecular formula is C25H27NO2. The van der Waals surface area contributed by atoms with Gasteiger partial charge in [0, 0.05) is 13.1 Å². The smallest absolute Gasteiger partial charge is 0.119 e. The Kier molecular flexibility index (Phi) is 5.75. The minimum atomic E-state index is -0.102. The van der Waals surface area contributed by atoms with Crippen molar-refractivity contribution >= 4 is 0 Å². The quantitative estimate of drug-likeness (QED) is 0.659. The molecule has 1 fully saturated rings. The summed E-state index contributed by atoms with van der Waals surface area (Å²) in [5.74, 6) is 0.878. The Labute approximate surface area is 167 Å². The third-order valence-electron chi connectivity index (χ3n) is 5.59. The molecule has 0 N–H and O–H groups in total. The van der Waals surface area contributed by atoms with Crippen LogP contribution in [0.5, 0.6) is 5.75 Å². The Morgan fingerprint density at radius 2 is 1.93 bits per heavy atom. The summed E-state index contributed by atoms with van der Waals surface area (Å²) in [4.78, 5) is 2.48. The topological polar surface area (TPSA) is 21.7 Å². The average molecular weight is 373 g/mol. The van der Waals surface area contributed by atoms with Gasteiger partial charge in [0.1, 0.15) is 12.4 Å². The molecule has 3 heteroatoms. The summed E-state index contributed by atoms with van der Waals surface area (Å²) in [5, 5.41) is 0. The van der Waals surface area contributed by atoms with Crippen LogP contribution < -0.4 is 4.74 Å². The predicted molar refractivity (Wildman–Crippen MR) is 113 cm³/mol. The largest absolute Gasteiger partial charge is 0.489 e. The Hall–Kier alpha value is -2.62. The lowest BCUT2D eigenvalue weighted by Gasteiger charge is -2.44. The van der Waals surface area contributed by atoms with E-state index in [1.807, 2.05) is 30.3 Å². The van der Waals surface area contributed by atoms with Crippen LogP contribution in [0.3, 0.4) is 0 Å². The molecule has 2 aromatic rings. The SMILES string of the molecule is C=C[C@@]1(N2CCO[C@@H](c3ccc(OCc4ccccc4)cc3)C2)C=CC=CC1. The van der Waals surface area contributed by atoms with Crippen LogP contribution in [0.15, 0.2) is 91.6 Å². The molecule has 0 bridgehead atoms. The van der Waals surface area contributed by atoms with Crippen molar-refractivity contribution in [2.75, 3.05) is 19.7 Å². The molecule has 1 saturated heterocycles. The van der Waals surface area contributed by atoms with Crippen molar-refractivity contribution in [3.8, 4) is 5.75 Å². The maximum atomic E-state index is 6.08. The highest BCUT2D eigenvalue weighted by Gasteiger charge is 2.35. The molecule has 1 aliphatic carbocycles. The molecule has 2 atom stereocenters. The van der Waals surface area contributed by atoms with Gasteiger partial charge in [-0.3, -0.25) is 4.90 Å². The van der Waals surface area contributed by atoms with Crippen LogP contribution in [-0.2, 0) is 11.3 Å². The zero-order valence-electron chi connectivity index (χ0n) is 16.2. The maximum absolute atomic E-state index is 6.08. The first kappa shape index (κ1) is 18.7. The highest BCUT2D eigenvalue weighted by molar-refractivity contribution is 5.31. The summed E-state index contributed by atoms with van der Waals surface area (Å²) in [5.41, 5.74) is 2.25. The van der Waals surface area contributed by atoms with Crippen molar-refractivity contribution in [2.24, 2.45) is 0 Å². The van der Waals surface area contributed by atoms with Gasteiger partial charge in [0.2, 0.25) is 0 Å². The highest BCUT2D eigenvalue weighted by atomic mass is 16.5. The molecule has 144 valence electrons. The third kappa shape index (κ3) is 4.11. The van der Waals surface area contributed by atoms with E-state index in [9.17, 15) is 0 Å². The van der Waals surface area contributed by atoms with E-state index in [0.29, 0.717) is 6.61 Å². The van der Waals surface area contributed by atoms with Crippen LogP contribution in [0.25, 0.3) is 0 Å². The van der Waals surface area contributed by atoms with Crippen LogP contribution >= 0.6 is 0 Å². The van der Waals surface area contributed by atoms with Crippen LogP contribution in [-0.4, -0.2) is 30.1 Å². The molecule has 0 spiro atoms. The van der Waals surface area contributed by atoms with Crippen LogP contribution in [0.1, 0.15) is 23.7 Å². The lowest BCUT2D eigenvalue weighted by Crippen LogP contribution is -2.52. The van der Waals surface area contributed by atoms with Gasteiger partial charge in [0.15, 0.2) is 0 Å². The molecule has 4 rings (SSSR count). The highest BCUT2D eigenvalue weighted by Crippen LogP contribution is 2.33. The molecule has 0 radical (unpaired) electrons. The van der Waals surface area contributed by atoms with E-state index in [4.69, 9.17) is 9.47 Å². The van der Waals surface area contributed by atoms with Crippen molar-refractivity contribution < 1.29 is 9.47 Å². The summed E-state index contributed by atoms with van der Waals surface area (Å²) in [7, 11) is 0. The molecule has 1 aliphatic heterocycles. The summed E-state index contributed by atoms with van der Waals surface area (Å²) < 4.78 is 12.0. The molecule has 0 unspecified atom stereocenters. The molecular weight excluding hydrogens is 346 g/mol. The Balaban J connectivity index is 1.40. The van der Waals surface area contributed by atoms with Gasteiger partial charge in [-0.1, -0.05) is 72.8 Å². The molecule has 2 aromatic carbocycles. The fraction of sp³-hybridized carbons (Fsp3) is 0.280. The number of nitrogens with zero attached hydrogens (tertiary/aromatic N) is 1. The fourth-order valence-corrected chi connectivity index (χ4v) is 3.89. The van der Waals surface area contributed by atoms with Gasteiger partial charge in [0.05, 0.1) is 18.2 Å². The molecule has 0 saturated carbocycles. The van der Waals surface area contributed by atoms with E-state index in [1.165, 1.54) is 11.1 Å². The maximum Gasteiger partial charge on any atom is 0.119 e. The summed E-state index contributed by atoms with van der Waals surface area (Å²) in [6.07, 6.45) is 11.8. The van der Waals surface area contributed by atoms with Gasteiger partial charge in [-0.05, 0) is 29.7 Å². The Morgan fingerprint density at radius 1 is 1.11 bits per heavy atom. The lowest BCUT2D eigenvalue weighted by atomic mass is 9.88. The van der Waals surface area contributed by atoms with Gasteiger partial charge in [-0.2, -0.15) is 0 Å². The molecule has 28 heavy (non-hydrogen) atoms. The zero-order chi connectivity index (χ0) is 19.2. The molecule has 1 heterocycles. The Morgan fingerprint density at radius 3 is 2.64 bits per heavy atom. The van der Waals surface area contributed by atoms with Gasteiger partial charge in [-0.25, -0.2) is 0 Å². The molecule has 3 nitrogen and oxygen atoms in total. The lowest BCUT2D eigenvalue weighted by molar-refractivity contribution is -0.0511. The van der Waals surface area contributed by atoms with Gasteiger partial charge >= 0.3 is 0 Å².